The summed E-state index contributed by atoms with van der Waals surface area (Å²) in [5.74, 6) is -0.136. The molecule has 1 N–H and O–H groups in total. The van der Waals surface area contributed by atoms with E-state index in [1.165, 1.54) is 11.3 Å². The van der Waals surface area contributed by atoms with Gasteiger partial charge >= 0.3 is 0 Å². The zero-order valence-electron chi connectivity index (χ0n) is 14.1. The van der Waals surface area contributed by atoms with Gasteiger partial charge in [-0.3, -0.25) is 9.20 Å². The van der Waals surface area contributed by atoms with Crippen molar-refractivity contribution in [2.45, 2.75) is 19.1 Å². The second kappa shape index (κ2) is 7.00. The predicted molar refractivity (Wildman–Crippen MR) is 101 cm³/mol. The van der Waals surface area contributed by atoms with Crippen molar-refractivity contribution >= 4 is 33.8 Å². The highest BCUT2D eigenvalue weighted by atomic mass is 35.5. The van der Waals surface area contributed by atoms with Crippen molar-refractivity contribution in [1.29, 1.82) is 0 Å². The molecule has 2 aromatic heterocycles. The van der Waals surface area contributed by atoms with Crippen molar-refractivity contribution in [2.75, 3.05) is 19.8 Å². The first-order valence-corrected chi connectivity index (χ1v) is 9.63. The molecular weight excluding hydrogens is 374 g/mol. The fourth-order valence-corrected chi connectivity index (χ4v) is 4.27. The summed E-state index contributed by atoms with van der Waals surface area (Å²) >= 11 is 7.48. The lowest BCUT2D eigenvalue weighted by atomic mass is 10.1. The van der Waals surface area contributed by atoms with Crippen LogP contribution in [0.3, 0.4) is 0 Å². The number of carbonyl (C=O) groups is 1. The molecular formula is C18H18ClN3O3S. The molecule has 1 aromatic carbocycles. The molecule has 4 rings (SSSR count). The zero-order valence-corrected chi connectivity index (χ0v) is 15.7. The summed E-state index contributed by atoms with van der Waals surface area (Å²) < 4.78 is 7.11. The number of hydrogen-bond acceptors (Lipinski definition) is 5. The molecule has 0 radical (unpaired) electrons. The van der Waals surface area contributed by atoms with Gasteiger partial charge in [-0.1, -0.05) is 23.7 Å². The van der Waals surface area contributed by atoms with Gasteiger partial charge in [-0.25, -0.2) is 4.98 Å². The van der Waals surface area contributed by atoms with Gasteiger partial charge in [-0.15, -0.1) is 11.3 Å². The first kappa shape index (κ1) is 17.5. The van der Waals surface area contributed by atoms with E-state index in [-0.39, 0.29) is 18.6 Å². The van der Waals surface area contributed by atoms with Crippen molar-refractivity contribution in [1.82, 2.24) is 14.3 Å². The van der Waals surface area contributed by atoms with Crippen LogP contribution in [-0.2, 0) is 4.74 Å². The second-order valence-electron chi connectivity index (χ2n) is 6.17. The molecule has 8 heteroatoms. The molecule has 0 spiro atoms. The topological polar surface area (TPSA) is 67.1 Å². The molecule has 136 valence electrons. The van der Waals surface area contributed by atoms with Crippen LogP contribution in [0.15, 0.2) is 35.8 Å². The van der Waals surface area contributed by atoms with Crippen LogP contribution in [0.1, 0.15) is 17.4 Å². The van der Waals surface area contributed by atoms with Gasteiger partial charge in [0.15, 0.2) is 4.96 Å². The van der Waals surface area contributed by atoms with E-state index in [9.17, 15) is 9.90 Å². The number of thiazole rings is 1. The third kappa shape index (κ3) is 3.01. The molecule has 2 atom stereocenters. The van der Waals surface area contributed by atoms with E-state index in [0.717, 1.165) is 16.2 Å². The van der Waals surface area contributed by atoms with Crippen LogP contribution in [0.25, 0.3) is 16.2 Å². The number of aromatic nitrogens is 2. The van der Waals surface area contributed by atoms with Crippen LogP contribution in [-0.4, -0.2) is 57.2 Å². The van der Waals surface area contributed by atoms with E-state index in [4.69, 9.17) is 16.3 Å². The van der Waals surface area contributed by atoms with Gasteiger partial charge in [0.1, 0.15) is 5.69 Å². The smallest absolute Gasteiger partial charge is 0.272 e. The molecule has 1 aliphatic heterocycles. The maximum atomic E-state index is 13.1. The fraction of sp³-hybridized carbons (Fsp3) is 0.333. The third-order valence-corrected chi connectivity index (χ3v) is 5.65. The minimum atomic E-state index is -0.655. The van der Waals surface area contributed by atoms with Gasteiger partial charge in [-0.2, -0.15) is 0 Å². The van der Waals surface area contributed by atoms with E-state index < -0.39 is 6.10 Å². The highest BCUT2D eigenvalue weighted by molar-refractivity contribution is 7.15. The Morgan fingerprint density at radius 2 is 2.35 bits per heavy atom. The molecule has 0 bridgehead atoms. The lowest BCUT2D eigenvalue weighted by Crippen LogP contribution is -2.46. The lowest BCUT2D eigenvalue weighted by Gasteiger charge is -2.28. The highest BCUT2D eigenvalue weighted by Crippen LogP contribution is 2.27. The summed E-state index contributed by atoms with van der Waals surface area (Å²) in [5, 5.41) is 12.5. The number of aliphatic hydroxyl groups is 1. The Morgan fingerprint density at radius 3 is 3.04 bits per heavy atom. The van der Waals surface area contributed by atoms with E-state index >= 15 is 0 Å². The molecule has 1 aliphatic rings. The van der Waals surface area contributed by atoms with E-state index in [0.29, 0.717) is 23.9 Å². The minimum absolute atomic E-state index is 0.136. The van der Waals surface area contributed by atoms with Crippen LogP contribution in [0.4, 0.5) is 0 Å². The van der Waals surface area contributed by atoms with Crippen LogP contribution >= 0.6 is 22.9 Å². The Kier molecular flexibility index (Phi) is 4.71. The number of benzene rings is 1. The molecule has 3 aromatic rings. The first-order chi connectivity index (χ1) is 12.6. The standard InChI is InChI=1S/C18H18ClN3O3S/c1-2-21(14-8-25-9-16(14)23)17(24)15-10-26-18-20-13(7-22(15)18)11-4-3-5-12(19)6-11/h3-7,10,14,16,23H,2,8-9H2,1H3/t14-,16-/m1/s1. The molecule has 0 aliphatic carbocycles. The first-order valence-electron chi connectivity index (χ1n) is 8.37. The Labute approximate surface area is 159 Å². The molecule has 0 saturated carbocycles. The lowest BCUT2D eigenvalue weighted by molar-refractivity contribution is 0.0514. The van der Waals surface area contributed by atoms with E-state index in [1.54, 1.807) is 14.7 Å². The summed E-state index contributed by atoms with van der Waals surface area (Å²) in [7, 11) is 0. The SMILES string of the molecule is CCN(C(=O)c1csc2nc(-c3cccc(Cl)c3)cn12)[C@@H]1COC[C@H]1O. The highest BCUT2D eigenvalue weighted by Gasteiger charge is 2.35. The summed E-state index contributed by atoms with van der Waals surface area (Å²) in [6.07, 6.45) is 1.19. The summed E-state index contributed by atoms with van der Waals surface area (Å²) in [5.41, 5.74) is 2.20. The van der Waals surface area contributed by atoms with Gasteiger partial charge < -0.3 is 14.7 Å². The molecule has 26 heavy (non-hydrogen) atoms. The van der Waals surface area contributed by atoms with Crippen molar-refractivity contribution in [2.24, 2.45) is 0 Å². The van der Waals surface area contributed by atoms with Crippen LogP contribution in [0, 0.1) is 0 Å². The zero-order chi connectivity index (χ0) is 18.3. The molecule has 1 amide bonds. The molecule has 0 unspecified atom stereocenters. The summed E-state index contributed by atoms with van der Waals surface area (Å²) in [6, 6.07) is 7.15. The number of amides is 1. The Morgan fingerprint density at radius 1 is 1.50 bits per heavy atom. The number of imidazole rings is 1. The number of nitrogens with zero attached hydrogens (tertiary/aromatic N) is 3. The molecule has 6 nitrogen and oxygen atoms in total. The largest absolute Gasteiger partial charge is 0.388 e. The van der Waals surface area contributed by atoms with Gasteiger partial charge in [0.25, 0.3) is 5.91 Å². The minimum Gasteiger partial charge on any atom is -0.388 e. The normalized spacial score (nSPS) is 20.0. The summed E-state index contributed by atoms with van der Waals surface area (Å²) in [6.45, 7) is 3.01. The monoisotopic (exact) mass is 391 g/mol. The fourth-order valence-electron chi connectivity index (χ4n) is 3.23. The van der Waals surface area contributed by atoms with Gasteiger partial charge in [0.05, 0.1) is 31.1 Å². The van der Waals surface area contributed by atoms with Gasteiger partial charge in [-0.05, 0) is 19.1 Å². The van der Waals surface area contributed by atoms with Gasteiger partial charge in [0, 0.05) is 28.7 Å². The average molecular weight is 392 g/mol. The number of aliphatic hydroxyl groups excluding tert-OH is 1. The van der Waals surface area contributed by atoms with E-state index in [2.05, 4.69) is 4.98 Å². The molecule has 1 saturated heterocycles. The van der Waals surface area contributed by atoms with Gasteiger partial charge in [0.2, 0.25) is 0 Å². The van der Waals surface area contributed by atoms with Crippen LogP contribution < -0.4 is 0 Å². The van der Waals surface area contributed by atoms with Crippen molar-refractivity contribution in [3.63, 3.8) is 0 Å². The van der Waals surface area contributed by atoms with Crippen molar-refractivity contribution in [3.8, 4) is 11.3 Å². The second-order valence-corrected chi connectivity index (χ2v) is 7.45. The van der Waals surface area contributed by atoms with Crippen molar-refractivity contribution in [3.05, 3.63) is 46.6 Å². The van der Waals surface area contributed by atoms with Crippen LogP contribution in [0.2, 0.25) is 5.02 Å². The number of hydrogen-bond donors (Lipinski definition) is 1. The third-order valence-electron chi connectivity index (χ3n) is 4.57. The number of fused-ring (bicyclic) bond motifs is 1. The molecule has 3 heterocycles. The van der Waals surface area contributed by atoms with E-state index in [1.807, 2.05) is 37.4 Å². The number of halogens is 1. The summed E-state index contributed by atoms with van der Waals surface area (Å²) in [4.78, 5) is 20.1. The Hall–Kier alpha value is -1.93. The Bertz CT molecular complexity index is 954. The number of likely N-dealkylation sites (N-methyl/N-ethyl adjacent to an activating group) is 1. The predicted octanol–water partition coefficient (Wildman–Crippen LogP) is 2.94. The Balaban J connectivity index is 1.69. The van der Waals surface area contributed by atoms with Crippen LogP contribution in [0.5, 0.6) is 0 Å². The number of ether oxygens (including phenoxy) is 1. The van der Waals surface area contributed by atoms with Crippen molar-refractivity contribution < 1.29 is 14.6 Å². The maximum absolute atomic E-state index is 13.1. The molecule has 1 fully saturated rings. The maximum Gasteiger partial charge on any atom is 0.272 e. The number of carbonyl (C=O) groups excluding carboxylic acids is 1. The average Bonchev–Trinajstić information content (AvgIpc) is 3.31. The number of rotatable bonds is 4. The quantitative estimate of drug-likeness (QED) is 0.742.